The van der Waals surface area contributed by atoms with Crippen molar-refractivity contribution in [2.24, 2.45) is 5.10 Å². The third-order valence-corrected chi connectivity index (χ3v) is 6.58. The minimum Gasteiger partial charge on any atom is -0.463 e. The van der Waals surface area contributed by atoms with E-state index in [2.05, 4.69) is 26.5 Å². The smallest absolute Gasteiger partial charge is 0.255 e. The van der Waals surface area contributed by atoms with E-state index in [4.69, 9.17) is 4.42 Å². The van der Waals surface area contributed by atoms with Gasteiger partial charge in [-0.25, -0.2) is 13.8 Å². The molecule has 0 aliphatic heterocycles. The van der Waals surface area contributed by atoms with Crippen molar-refractivity contribution in [2.75, 3.05) is 13.1 Å². The van der Waals surface area contributed by atoms with Gasteiger partial charge in [0.25, 0.3) is 5.91 Å². The lowest BCUT2D eigenvalue weighted by atomic mass is 10.1. The monoisotopic (exact) mass is 489 g/mol. The molecule has 0 radical (unpaired) electrons. The summed E-state index contributed by atoms with van der Waals surface area (Å²) >= 11 is 3.30. The molecule has 2 aromatic carbocycles. The van der Waals surface area contributed by atoms with Crippen molar-refractivity contribution < 1.29 is 17.6 Å². The third kappa shape index (κ3) is 6.12. The van der Waals surface area contributed by atoms with Crippen LogP contribution >= 0.6 is 15.9 Å². The molecule has 0 saturated carbocycles. The van der Waals surface area contributed by atoms with Gasteiger partial charge in [-0.1, -0.05) is 46.3 Å². The fraction of sp³-hybridized carbons (Fsp3) is 0.143. The van der Waals surface area contributed by atoms with Crippen LogP contribution in [-0.2, 0) is 21.2 Å². The van der Waals surface area contributed by atoms with E-state index in [-0.39, 0.29) is 18.0 Å². The molecule has 9 heteroatoms. The minimum atomic E-state index is -3.87. The van der Waals surface area contributed by atoms with Gasteiger partial charge in [0.1, 0.15) is 5.76 Å². The molecule has 0 saturated heterocycles. The number of carbonyl (C=O) groups is 1. The first-order valence-corrected chi connectivity index (χ1v) is 11.3. The maximum absolute atomic E-state index is 13.1. The summed E-state index contributed by atoms with van der Waals surface area (Å²) in [4.78, 5) is 12.5. The lowest BCUT2D eigenvalue weighted by Gasteiger charge is -2.21. The predicted octanol–water partition coefficient (Wildman–Crippen LogP) is 3.43. The van der Waals surface area contributed by atoms with Gasteiger partial charge in [-0.05, 0) is 48.4 Å². The number of hydrogen-bond donors (Lipinski definition) is 1. The fourth-order valence-electron chi connectivity index (χ4n) is 2.67. The van der Waals surface area contributed by atoms with E-state index in [1.165, 1.54) is 24.6 Å². The molecule has 0 aliphatic carbocycles. The van der Waals surface area contributed by atoms with Crippen LogP contribution in [0.4, 0.5) is 0 Å². The van der Waals surface area contributed by atoms with E-state index in [0.29, 0.717) is 12.2 Å². The first-order chi connectivity index (χ1) is 14.4. The van der Waals surface area contributed by atoms with E-state index < -0.39 is 15.9 Å². The van der Waals surface area contributed by atoms with Crippen LogP contribution in [0.15, 0.2) is 91.9 Å². The molecule has 3 aromatic rings. The van der Waals surface area contributed by atoms with Gasteiger partial charge in [0.2, 0.25) is 10.0 Å². The highest BCUT2D eigenvalue weighted by Gasteiger charge is 2.26. The van der Waals surface area contributed by atoms with Crippen molar-refractivity contribution in [3.8, 4) is 0 Å². The van der Waals surface area contributed by atoms with Crippen molar-refractivity contribution in [1.29, 1.82) is 0 Å². The van der Waals surface area contributed by atoms with Gasteiger partial charge in [0, 0.05) is 11.0 Å². The first-order valence-electron chi connectivity index (χ1n) is 9.10. The number of hydrazone groups is 1. The first kappa shape index (κ1) is 21.9. The number of benzene rings is 2. The molecule has 7 nitrogen and oxygen atoms in total. The SMILES string of the molecule is O=C(CN(CCc1ccccc1)S(=O)(=O)c1ccc(Br)cc1)NN=Cc1ccco1. The molecule has 0 spiro atoms. The van der Waals surface area contributed by atoms with Crippen LogP contribution in [-0.4, -0.2) is 37.9 Å². The van der Waals surface area contributed by atoms with Gasteiger partial charge < -0.3 is 4.42 Å². The number of rotatable bonds is 9. The molecule has 1 amide bonds. The molecule has 0 fully saturated rings. The summed E-state index contributed by atoms with van der Waals surface area (Å²) < 4.78 is 33.3. The number of amides is 1. The van der Waals surface area contributed by atoms with E-state index in [0.717, 1.165) is 14.3 Å². The number of halogens is 1. The molecular weight excluding hydrogens is 470 g/mol. The highest BCUT2D eigenvalue weighted by atomic mass is 79.9. The van der Waals surface area contributed by atoms with Crippen LogP contribution in [0.2, 0.25) is 0 Å². The summed E-state index contributed by atoms with van der Waals surface area (Å²) in [6, 6.07) is 19.2. The number of hydrogen-bond acceptors (Lipinski definition) is 5. The second-order valence-corrected chi connectivity index (χ2v) is 9.19. The normalized spacial score (nSPS) is 11.8. The predicted molar refractivity (Wildman–Crippen MR) is 117 cm³/mol. The average molecular weight is 490 g/mol. The molecule has 156 valence electrons. The van der Waals surface area contributed by atoms with Crippen molar-refractivity contribution in [2.45, 2.75) is 11.3 Å². The molecule has 0 atom stereocenters. The second kappa shape index (κ2) is 10.3. The van der Waals surface area contributed by atoms with Gasteiger partial charge in [-0.2, -0.15) is 9.41 Å². The summed E-state index contributed by atoms with van der Waals surface area (Å²) in [5.74, 6) is -0.0785. The summed E-state index contributed by atoms with van der Waals surface area (Å²) in [5.41, 5.74) is 3.32. The second-order valence-electron chi connectivity index (χ2n) is 6.34. The number of nitrogens with one attached hydrogen (secondary N) is 1. The van der Waals surface area contributed by atoms with Crippen molar-refractivity contribution >= 4 is 38.1 Å². The van der Waals surface area contributed by atoms with Crippen LogP contribution in [0.25, 0.3) is 0 Å². The molecule has 1 aromatic heterocycles. The highest BCUT2D eigenvalue weighted by molar-refractivity contribution is 9.10. The Morgan fingerprint density at radius 3 is 2.47 bits per heavy atom. The zero-order valence-corrected chi connectivity index (χ0v) is 18.3. The Kier molecular flexibility index (Phi) is 7.56. The van der Waals surface area contributed by atoms with E-state index in [1.54, 1.807) is 24.3 Å². The Hall–Kier alpha value is -2.75. The lowest BCUT2D eigenvalue weighted by molar-refractivity contribution is -0.121. The standard InChI is InChI=1S/C21H20BrN3O4S/c22-18-8-10-20(11-9-18)30(27,28)25(13-12-17-5-2-1-3-6-17)16-21(26)24-23-15-19-7-4-14-29-19/h1-11,14-15H,12-13,16H2,(H,24,26). The third-order valence-electron chi connectivity index (χ3n) is 4.19. The average Bonchev–Trinajstić information content (AvgIpc) is 3.25. The Morgan fingerprint density at radius 1 is 1.07 bits per heavy atom. The van der Waals surface area contributed by atoms with Crippen molar-refractivity contribution in [3.63, 3.8) is 0 Å². The van der Waals surface area contributed by atoms with E-state index in [1.807, 2.05) is 30.3 Å². The maximum atomic E-state index is 13.1. The van der Waals surface area contributed by atoms with Gasteiger partial charge in [0.15, 0.2) is 0 Å². The molecule has 0 aliphatic rings. The quantitative estimate of drug-likeness (QED) is 0.368. The van der Waals surface area contributed by atoms with Crippen LogP contribution in [0.5, 0.6) is 0 Å². The Morgan fingerprint density at radius 2 is 1.80 bits per heavy atom. The number of sulfonamides is 1. The van der Waals surface area contributed by atoms with Crippen LogP contribution in [0.3, 0.4) is 0 Å². The number of carbonyl (C=O) groups excluding carboxylic acids is 1. The minimum absolute atomic E-state index is 0.116. The molecule has 1 N–H and O–H groups in total. The van der Waals surface area contributed by atoms with Crippen LogP contribution in [0.1, 0.15) is 11.3 Å². The zero-order chi connectivity index (χ0) is 21.4. The molecular formula is C21H20BrN3O4S. The van der Waals surface area contributed by atoms with Gasteiger partial charge in [-0.15, -0.1) is 0 Å². The summed E-state index contributed by atoms with van der Waals surface area (Å²) in [6.45, 7) is -0.210. The molecule has 1 heterocycles. The lowest BCUT2D eigenvalue weighted by Crippen LogP contribution is -2.40. The van der Waals surface area contributed by atoms with Gasteiger partial charge in [-0.3, -0.25) is 4.79 Å². The van der Waals surface area contributed by atoms with E-state index >= 15 is 0 Å². The number of furan rings is 1. The van der Waals surface area contributed by atoms with Crippen molar-refractivity contribution in [1.82, 2.24) is 9.73 Å². The topological polar surface area (TPSA) is 92.0 Å². The molecule has 30 heavy (non-hydrogen) atoms. The molecule has 3 rings (SSSR count). The largest absolute Gasteiger partial charge is 0.463 e. The summed E-state index contributed by atoms with van der Waals surface area (Å²) in [5, 5.41) is 3.81. The van der Waals surface area contributed by atoms with Gasteiger partial charge in [0.05, 0.1) is 23.9 Å². The fourth-order valence-corrected chi connectivity index (χ4v) is 4.33. The summed E-state index contributed by atoms with van der Waals surface area (Å²) in [6.07, 6.45) is 3.30. The van der Waals surface area contributed by atoms with E-state index in [9.17, 15) is 13.2 Å². The molecule has 0 bridgehead atoms. The van der Waals surface area contributed by atoms with Gasteiger partial charge >= 0.3 is 0 Å². The Labute approximate surface area is 183 Å². The zero-order valence-electron chi connectivity index (χ0n) is 15.9. The highest BCUT2D eigenvalue weighted by Crippen LogP contribution is 2.19. The van der Waals surface area contributed by atoms with Crippen molar-refractivity contribution in [3.05, 3.63) is 88.8 Å². The maximum Gasteiger partial charge on any atom is 0.255 e. The van der Waals surface area contributed by atoms with Crippen LogP contribution < -0.4 is 5.43 Å². The summed E-state index contributed by atoms with van der Waals surface area (Å²) in [7, 11) is -3.87. The molecule has 0 unspecified atom stereocenters. The van der Waals surface area contributed by atoms with Crippen LogP contribution in [0, 0.1) is 0 Å². The Bertz CT molecular complexity index is 1080. The number of nitrogens with zero attached hydrogens (tertiary/aromatic N) is 2. The Balaban J connectivity index is 1.74.